The van der Waals surface area contributed by atoms with E-state index in [0.29, 0.717) is 17.4 Å². The van der Waals surface area contributed by atoms with Crippen LogP contribution in [0.3, 0.4) is 0 Å². The van der Waals surface area contributed by atoms with Crippen molar-refractivity contribution >= 4 is 34.7 Å². The van der Waals surface area contributed by atoms with Gasteiger partial charge in [0, 0.05) is 11.4 Å². The molecule has 2 aromatic rings. The number of nitrogens with one attached hydrogen (secondary N) is 2. The van der Waals surface area contributed by atoms with E-state index in [1.807, 2.05) is 17.5 Å². The summed E-state index contributed by atoms with van der Waals surface area (Å²) >= 11 is 7.64. The van der Waals surface area contributed by atoms with Gasteiger partial charge >= 0.3 is 0 Å². The summed E-state index contributed by atoms with van der Waals surface area (Å²) in [4.78, 5) is 17.5. The summed E-state index contributed by atoms with van der Waals surface area (Å²) in [6.07, 6.45) is 0.990. The molecule has 2 rings (SSSR count). The summed E-state index contributed by atoms with van der Waals surface area (Å²) in [7, 11) is 0. The predicted octanol–water partition coefficient (Wildman–Crippen LogP) is 3.55. The van der Waals surface area contributed by atoms with Gasteiger partial charge in [-0.2, -0.15) is 0 Å². The lowest BCUT2D eigenvalue weighted by Gasteiger charge is -2.08. The number of pyridine rings is 1. The minimum atomic E-state index is -0.261. The van der Waals surface area contributed by atoms with E-state index in [1.54, 1.807) is 23.5 Å². The molecule has 0 bridgehead atoms. The van der Waals surface area contributed by atoms with Gasteiger partial charge in [-0.1, -0.05) is 24.6 Å². The highest BCUT2D eigenvalue weighted by Gasteiger charge is 2.13. The Bertz CT molecular complexity index is 572. The maximum Gasteiger partial charge on any atom is 0.271 e. The number of hydrogen-bond acceptors (Lipinski definition) is 4. The van der Waals surface area contributed by atoms with Crippen LogP contribution in [0.4, 0.5) is 5.82 Å². The van der Waals surface area contributed by atoms with Gasteiger partial charge in [0.2, 0.25) is 0 Å². The maximum absolute atomic E-state index is 12.1. The van der Waals surface area contributed by atoms with Crippen LogP contribution in [-0.2, 0) is 6.54 Å². The molecule has 4 nitrogen and oxygen atoms in total. The molecule has 0 aliphatic carbocycles. The van der Waals surface area contributed by atoms with Gasteiger partial charge in [-0.25, -0.2) is 4.98 Å². The van der Waals surface area contributed by atoms with E-state index in [9.17, 15) is 4.79 Å². The van der Waals surface area contributed by atoms with E-state index in [-0.39, 0.29) is 11.6 Å². The Labute approximate surface area is 127 Å². The number of thiophene rings is 1. The largest absolute Gasteiger partial charge is 0.370 e. The molecule has 20 heavy (non-hydrogen) atoms. The molecule has 2 N–H and O–H groups in total. The normalized spacial score (nSPS) is 10.3. The lowest BCUT2D eigenvalue weighted by molar-refractivity contribution is 0.0946. The highest BCUT2D eigenvalue weighted by atomic mass is 35.5. The van der Waals surface area contributed by atoms with Gasteiger partial charge in [0.05, 0.1) is 11.6 Å². The van der Waals surface area contributed by atoms with Crippen LogP contribution < -0.4 is 10.6 Å². The average Bonchev–Trinajstić information content (AvgIpc) is 2.97. The molecule has 0 spiro atoms. The molecule has 2 heterocycles. The third kappa shape index (κ3) is 3.95. The number of rotatable bonds is 6. The van der Waals surface area contributed by atoms with Crippen molar-refractivity contribution in [3.05, 3.63) is 45.2 Å². The molecule has 0 fully saturated rings. The minimum Gasteiger partial charge on any atom is -0.370 e. The zero-order valence-electron chi connectivity index (χ0n) is 11.1. The first-order valence-corrected chi connectivity index (χ1v) is 7.67. The molecule has 1 amide bonds. The lowest BCUT2D eigenvalue weighted by Crippen LogP contribution is -2.24. The lowest BCUT2D eigenvalue weighted by atomic mass is 10.3. The van der Waals surface area contributed by atoms with Crippen molar-refractivity contribution in [3.8, 4) is 0 Å². The van der Waals surface area contributed by atoms with Crippen LogP contribution in [0, 0.1) is 0 Å². The Morgan fingerprint density at radius 2 is 2.25 bits per heavy atom. The second-order valence-electron chi connectivity index (χ2n) is 4.22. The third-order valence-corrected chi connectivity index (χ3v) is 3.80. The predicted molar refractivity (Wildman–Crippen MR) is 83.5 cm³/mol. The first-order valence-electron chi connectivity index (χ1n) is 6.41. The average molecular weight is 310 g/mol. The molecule has 0 saturated heterocycles. The van der Waals surface area contributed by atoms with E-state index in [0.717, 1.165) is 17.8 Å². The highest BCUT2D eigenvalue weighted by molar-refractivity contribution is 7.09. The number of aromatic nitrogens is 1. The van der Waals surface area contributed by atoms with E-state index in [4.69, 9.17) is 11.6 Å². The molecule has 106 valence electrons. The Morgan fingerprint density at radius 3 is 2.95 bits per heavy atom. The third-order valence-electron chi connectivity index (χ3n) is 2.62. The Balaban J connectivity index is 2.04. The molecule has 0 radical (unpaired) electrons. The van der Waals surface area contributed by atoms with Crippen molar-refractivity contribution in [2.24, 2.45) is 0 Å². The van der Waals surface area contributed by atoms with Crippen molar-refractivity contribution in [1.82, 2.24) is 10.3 Å². The fourth-order valence-corrected chi connectivity index (χ4v) is 2.45. The molecule has 0 atom stereocenters. The summed E-state index contributed by atoms with van der Waals surface area (Å²) in [5.74, 6) is 0.404. The first kappa shape index (κ1) is 14.8. The van der Waals surface area contributed by atoms with Gasteiger partial charge in [0.25, 0.3) is 5.91 Å². The van der Waals surface area contributed by atoms with Crippen LogP contribution in [0.1, 0.15) is 28.7 Å². The monoisotopic (exact) mass is 309 g/mol. The van der Waals surface area contributed by atoms with Crippen LogP contribution in [0.15, 0.2) is 29.6 Å². The van der Waals surface area contributed by atoms with Gasteiger partial charge in [0.15, 0.2) is 0 Å². The number of anilines is 1. The molecule has 2 aromatic heterocycles. The summed E-state index contributed by atoms with van der Waals surface area (Å²) < 4.78 is 0. The van der Waals surface area contributed by atoms with E-state index in [1.165, 1.54) is 0 Å². The summed E-state index contributed by atoms with van der Waals surface area (Å²) in [5.41, 5.74) is 0.254. The Hall–Kier alpha value is -1.59. The fourth-order valence-electron chi connectivity index (χ4n) is 1.62. The van der Waals surface area contributed by atoms with Crippen molar-refractivity contribution in [3.63, 3.8) is 0 Å². The molecular weight excluding hydrogens is 294 g/mol. The second kappa shape index (κ2) is 7.26. The first-order chi connectivity index (χ1) is 9.70. The van der Waals surface area contributed by atoms with Gasteiger partial charge in [-0.15, -0.1) is 11.3 Å². The molecule has 0 unspecified atom stereocenters. The van der Waals surface area contributed by atoms with Crippen molar-refractivity contribution in [1.29, 1.82) is 0 Å². The number of carbonyl (C=O) groups excluding carboxylic acids is 1. The summed E-state index contributed by atoms with van der Waals surface area (Å²) in [5, 5.41) is 8.29. The molecular formula is C14H16ClN3OS. The van der Waals surface area contributed by atoms with Gasteiger partial charge in [-0.3, -0.25) is 4.79 Å². The number of nitrogens with zero attached hydrogens (tertiary/aromatic N) is 1. The van der Waals surface area contributed by atoms with Crippen LogP contribution >= 0.6 is 22.9 Å². The van der Waals surface area contributed by atoms with E-state index < -0.39 is 0 Å². The van der Waals surface area contributed by atoms with Gasteiger partial charge < -0.3 is 10.6 Å². The molecule has 0 saturated carbocycles. The zero-order valence-corrected chi connectivity index (χ0v) is 12.7. The summed E-state index contributed by atoms with van der Waals surface area (Å²) in [6.45, 7) is 3.36. The second-order valence-corrected chi connectivity index (χ2v) is 5.66. The van der Waals surface area contributed by atoms with Crippen molar-refractivity contribution in [2.75, 3.05) is 11.9 Å². The summed E-state index contributed by atoms with van der Waals surface area (Å²) in [6, 6.07) is 7.38. The Kier molecular flexibility index (Phi) is 5.38. The number of amides is 1. The van der Waals surface area contributed by atoms with Crippen LogP contribution in [0.25, 0.3) is 0 Å². The van der Waals surface area contributed by atoms with Crippen molar-refractivity contribution < 1.29 is 4.79 Å². The number of hydrogen-bond donors (Lipinski definition) is 2. The molecule has 0 aliphatic rings. The number of carbonyl (C=O) groups is 1. The van der Waals surface area contributed by atoms with Crippen LogP contribution in [0.2, 0.25) is 5.02 Å². The zero-order chi connectivity index (χ0) is 14.4. The minimum absolute atomic E-state index is 0.254. The van der Waals surface area contributed by atoms with Crippen LogP contribution in [0.5, 0.6) is 0 Å². The topological polar surface area (TPSA) is 54.0 Å². The van der Waals surface area contributed by atoms with Crippen molar-refractivity contribution in [2.45, 2.75) is 19.9 Å². The standard InChI is InChI=1S/C14H16ClN3OS/c1-2-7-16-12-6-5-11(15)13(18-12)14(19)17-9-10-4-3-8-20-10/h3-6,8H,2,7,9H2,1H3,(H,16,18)(H,17,19). The SMILES string of the molecule is CCCNc1ccc(Cl)c(C(=O)NCc2cccs2)n1. The van der Waals surface area contributed by atoms with E-state index in [2.05, 4.69) is 22.5 Å². The maximum atomic E-state index is 12.1. The highest BCUT2D eigenvalue weighted by Crippen LogP contribution is 2.17. The van der Waals surface area contributed by atoms with E-state index >= 15 is 0 Å². The smallest absolute Gasteiger partial charge is 0.271 e. The number of halogens is 1. The Morgan fingerprint density at radius 1 is 1.40 bits per heavy atom. The molecule has 0 aliphatic heterocycles. The van der Waals surface area contributed by atoms with Gasteiger partial charge in [-0.05, 0) is 30.0 Å². The molecule has 6 heteroatoms. The quantitative estimate of drug-likeness (QED) is 0.858. The fraction of sp³-hybridized carbons (Fsp3) is 0.286. The van der Waals surface area contributed by atoms with Crippen LogP contribution in [-0.4, -0.2) is 17.4 Å². The molecule has 0 aromatic carbocycles. The van der Waals surface area contributed by atoms with Gasteiger partial charge in [0.1, 0.15) is 11.5 Å².